The number of hydrogen-bond donors (Lipinski definition) is 1. The van der Waals surface area contributed by atoms with Crippen LogP contribution in [0.2, 0.25) is 0 Å². The Morgan fingerprint density at radius 3 is 2.74 bits per heavy atom. The molecule has 0 amide bonds. The van der Waals surface area contributed by atoms with Crippen LogP contribution >= 0.6 is 0 Å². The largest absolute Gasteiger partial charge is 0.479 e. The number of nitrogens with zero attached hydrogens (tertiary/aromatic N) is 1. The van der Waals surface area contributed by atoms with E-state index < -0.39 is 16.2 Å². The Kier molecular flexibility index (Phi) is 3.62. The number of rotatable bonds is 5. The summed E-state index contributed by atoms with van der Waals surface area (Å²) < 4.78 is 14.9. The molecule has 1 N–H and O–H groups in total. The maximum atomic E-state index is 11.5. The highest BCUT2D eigenvalue weighted by Crippen LogP contribution is 2.17. The standard InChI is InChI=1S/C11H9NO7/c13-4-8-3-9(14)10(6-17-8)18-5-7-1-2-11(19-7)12(15)16/h1-3,6,13H,4-5H2. The lowest BCUT2D eigenvalue weighted by atomic mass is 10.4. The van der Waals surface area contributed by atoms with Crippen molar-refractivity contribution in [1.29, 1.82) is 0 Å². The molecule has 0 saturated carbocycles. The van der Waals surface area contributed by atoms with Gasteiger partial charge in [-0.1, -0.05) is 0 Å². The van der Waals surface area contributed by atoms with Crippen molar-refractivity contribution in [3.63, 3.8) is 0 Å². The lowest BCUT2D eigenvalue weighted by Gasteiger charge is -2.02. The van der Waals surface area contributed by atoms with Crippen LogP contribution in [-0.4, -0.2) is 10.0 Å². The molecular formula is C11H9NO7. The normalized spacial score (nSPS) is 10.4. The van der Waals surface area contributed by atoms with E-state index in [0.29, 0.717) is 0 Å². The summed E-state index contributed by atoms with van der Waals surface area (Å²) in [7, 11) is 0. The molecule has 0 saturated heterocycles. The molecule has 2 rings (SSSR count). The summed E-state index contributed by atoms with van der Waals surface area (Å²) in [6, 6.07) is 3.66. The van der Waals surface area contributed by atoms with E-state index in [1.165, 1.54) is 12.1 Å². The molecule has 19 heavy (non-hydrogen) atoms. The molecule has 0 atom stereocenters. The Hall–Kier alpha value is -2.61. The minimum atomic E-state index is -0.673. The molecule has 100 valence electrons. The predicted molar refractivity (Wildman–Crippen MR) is 60.6 cm³/mol. The fraction of sp³-hybridized carbons (Fsp3) is 0.182. The topological polar surface area (TPSA) is 116 Å². The Labute approximate surface area is 106 Å². The first-order valence-electron chi connectivity index (χ1n) is 5.18. The van der Waals surface area contributed by atoms with E-state index in [-0.39, 0.29) is 30.5 Å². The van der Waals surface area contributed by atoms with E-state index >= 15 is 0 Å². The summed E-state index contributed by atoms with van der Waals surface area (Å²) >= 11 is 0. The number of hydrogen-bond acceptors (Lipinski definition) is 7. The number of furan rings is 1. The summed E-state index contributed by atoms with van der Waals surface area (Å²) in [5.41, 5.74) is -0.462. The third-order valence-electron chi connectivity index (χ3n) is 2.21. The number of aliphatic hydroxyl groups is 1. The van der Waals surface area contributed by atoms with Crippen LogP contribution < -0.4 is 10.2 Å². The molecule has 8 nitrogen and oxygen atoms in total. The van der Waals surface area contributed by atoms with E-state index in [9.17, 15) is 14.9 Å². The average Bonchev–Trinajstić information content (AvgIpc) is 2.86. The van der Waals surface area contributed by atoms with Crippen molar-refractivity contribution >= 4 is 5.88 Å². The van der Waals surface area contributed by atoms with Crippen LogP contribution in [0.15, 0.2) is 38.1 Å². The van der Waals surface area contributed by atoms with E-state index in [1.54, 1.807) is 0 Å². The molecule has 2 aromatic heterocycles. The lowest BCUT2D eigenvalue weighted by Crippen LogP contribution is -2.07. The third-order valence-corrected chi connectivity index (χ3v) is 2.21. The molecule has 0 unspecified atom stereocenters. The molecule has 2 heterocycles. The second-order valence-electron chi connectivity index (χ2n) is 3.52. The fourth-order valence-corrected chi connectivity index (χ4v) is 1.32. The van der Waals surface area contributed by atoms with Gasteiger partial charge >= 0.3 is 5.88 Å². The van der Waals surface area contributed by atoms with Crippen LogP contribution in [0.3, 0.4) is 0 Å². The summed E-state index contributed by atoms with van der Waals surface area (Å²) in [5, 5.41) is 19.2. The van der Waals surface area contributed by atoms with E-state index in [2.05, 4.69) is 0 Å². The zero-order chi connectivity index (χ0) is 13.8. The first-order valence-corrected chi connectivity index (χ1v) is 5.18. The molecule has 2 aromatic rings. The third kappa shape index (κ3) is 2.99. The van der Waals surface area contributed by atoms with Gasteiger partial charge < -0.3 is 18.7 Å². The number of ether oxygens (including phenoxy) is 1. The van der Waals surface area contributed by atoms with Crippen LogP contribution in [0, 0.1) is 10.1 Å². The van der Waals surface area contributed by atoms with Gasteiger partial charge in [-0.3, -0.25) is 14.9 Å². The van der Waals surface area contributed by atoms with Crippen molar-refractivity contribution in [2.75, 3.05) is 0 Å². The molecule has 8 heteroatoms. The average molecular weight is 267 g/mol. The molecule has 0 aromatic carbocycles. The van der Waals surface area contributed by atoms with Gasteiger partial charge in [0, 0.05) is 6.07 Å². The molecule has 0 aliphatic heterocycles. The van der Waals surface area contributed by atoms with Crippen LogP contribution in [0.1, 0.15) is 11.5 Å². The SMILES string of the molecule is O=c1cc(CO)occ1OCc1ccc([N+](=O)[O-])o1. The quantitative estimate of drug-likeness (QED) is 0.639. The minimum Gasteiger partial charge on any atom is -0.479 e. The summed E-state index contributed by atoms with van der Waals surface area (Å²) in [6.45, 7) is -0.531. The maximum absolute atomic E-state index is 11.5. The van der Waals surface area contributed by atoms with Crippen molar-refractivity contribution in [1.82, 2.24) is 0 Å². The second kappa shape index (κ2) is 5.36. The van der Waals surface area contributed by atoms with Crippen molar-refractivity contribution < 1.29 is 23.6 Å². The van der Waals surface area contributed by atoms with Gasteiger partial charge in [-0.2, -0.15) is 0 Å². The first kappa shape index (κ1) is 12.8. The van der Waals surface area contributed by atoms with Gasteiger partial charge in [0.1, 0.15) is 35.9 Å². The molecule has 0 radical (unpaired) electrons. The predicted octanol–water partition coefficient (Wildman–Crippen LogP) is 1.21. The highest BCUT2D eigenvalue weighted by Gasteiger charge is 2.12. The highest BCUT2D eigenvalue weighted by atomic mass is 16.6. The van der Waals surface area contributed by atoms with Gasteiger partial charge in [-0.25, -0.2) is 0 Å². The van der Waals surface area contributed by atoms with Crippen molar-refractivity contribution in [3.05, 3.63) is 56.3 Å². The smallest absolute Gasteiger partial charge is 0.433 e. The molecule has 0 bridgehead atoms. The Balaban J connectivity index is 2.05. The molecule has 0 fully saturated rings. The van der Waals surface area contributed by atoms with Gasteiger partial charge in [-0.05, 0) is 6.07 Å². The summed E-state index contributed by atoms with van der Waals surface area (Å²) in [6.07, 6.45) is 1.06. The van der Waals surface area contributed by atoms with E-state index in [1.807, 2.05) is 0 Å². The first-order chi connectivity index (χ1) is 9.10. The van der Waals surface area contributed by atoms with E-state index in [0.717, 1.165) is 12.3 Å². The van der Waals surface area contributed by atoms with Crippen molar-refractivity contribution in [3.8, 4) is 5.75 Å². The Bertz CT molecular complexity index is 642. The van der Waals surface area contributed by atoms with Gasteiger partial charge in [0.15, 0.2) is 0 Å². The molecule has 0 spiro atoms. The maximum Gasteiger partial charge on any atom is 0.433 e. The minimum absolute atomic E-state index is 0.0729. The Morgan fingerprint density at radius 1 is 1.37 bits per heavy atom. The molecule has 0 aliphatic rings. The fourth-order valence-electron chi connectivity index (χ4n) is 1.32. The highest BCUT2D eigenvalue weighted by molar-refractivity contribution is 5.20. The molecular weight excluding hydrogens is 258 g/mol. The number of aliphatic hydroxyl groups excluding tert-OH is 1. The Morgan fingerprint density at radius 2 is 2.16 bits per heavy atom. The van der Waals surface area contributed by atoms with Gasteiger partial charge in [-0.15, -0.1) is 0 Å². The van der Waals surface area contributed by atoms with Gasteiger partial charge in [0.2, 0.25) is 11.2 Å². The van der Waals surface area contributed by atoms with Crippen LogP contribution in [-0.2, 0) is 13.2 Å². The zero-order valence-electron chi connectivity index (χ0n) is 9.57. The monoisotopic (exact) mass is 267 g/mol. The van der Waals surface area contributed by atoms with Gasteiger partial charge in [0.25, 0.3) is 0 Å². The van der Waals surface area contributed by atoms with E-state index in [4.69, 9.17) is 18.7 Å². The van der Waals surface area contributed by atoms with Crippen LogP contribution in [0.5, 0.6) is 5.75 Å². The zero-order valence-corrected chi connectivity index (χ0v) is 9.57. The lowest BCUT2D eigenvalue weighted by molar-refractivity contribution is -0.402. The number of nitro groups is 1. The van der Waals surface area contributed by atoms with Crippen molar-refractivity contribution in [2.45, 2.75) is 13.2 Å². The van der Waals surface area contributed by atoms with Crippen LogP contribution in [0.25, 0.3) is 0 Å². The van der Waals surface area contributed by atoms with Crippen molar-refractivity contribution in [2.24, 2.45) is 0 Å². The van der Waals surface area contributed by atoms with Crippen LogP contribution in [0.4, 0.5) is 5.88 Å². The van der Waals surface area contributed by atoms with Gasteiger partial charge in [0.05, 0.1) is 6.07 Å². The second-order valence-corrected chi connectivity index (χ2v) is 3.52. The molecule has 0 aliphatic carbocycles. The summed E-state index contributed by atoms with van der Waals surface area (Å²) in [4.78, 5) is 21.2. The summed E-state index contributed by atoms with van der Waals surface area (Å²) in [5.74, 6) is -0.152.